The van der Waals surface area contributed by atoms with Crippen molar-refractivity contribution in [2.45, 2.75) is 69.9 Å². The third-order valence-electron chi connectivity index (χ3n) is 4.75. The van der Waals surface area contributed by atoms with E-state index in [4.69, 9.17) is 14.2 Å². The van der Waals surface area contributed by atoms with Crippen LogP contribution in [0.5, 0.6) is 0 Å². The van der Waals surface area contributed by atoms with Crippen LogP contribution in [0.4, 0.5) is 0 Å². The van der Waals surface area contributed by atoms with Gasteiger partial charge in [-0.05, 0) is 18.4 Å². The SMILES string of the molecule is CC(=O)OCCC1OC2(CCCCC2)OC1Cc1ccccc1. The van der Waals surface area contributed by atoms with Crippen LogP contribution in [0.1, 0.15) is 51.0 Å². The Balaban J connectivity index is 1.66. The molecule has 4 heteroatoms. The van der Waals surface area contributed by atoms with Gasteiger partial charge in [-0.3, -0.25) is 4.79 Å². The molecule has 3 rings (SSSR count). The first-order valence-electron chi connectivity index (χ1n) is 8.70. The van der Waals surface area contributed by atoms with Crippen LogP contribution in [-0.4, -0.2) is 30.6 Å². The molecule has 1 saturated carbocycles. The first kappa shape index (κ1) is 16.5. The van der Waals surface area contributed by atoms with Crippen LogP contribution < -0.4 is 0 Å². The van der Waals surface area contributed by atoms with Crippen molar-refractivity contribution in [1.29, 1.82) is 0 Å². The van der Waals surface area contributed by atoms with E-state index in [1.165, 1.54) is 18.9 Å². The van der Waals surface area contributed by atoms with Crippen LogP contribution in [-0.2, 0) is 25.4 Å². The highest BCUT2D eigenvalue weighted by molar-refractivity contribution is 5.65. The van der Waals surface area contributed by atoms with Gasteiger partial charge in [0, 0.05) is 32.6 Å². The zero-order valence-electron chi connectivity index (χ0n) is 13.8. The minimum absolute atomic E-state index is 0.00680. The molecule has 4 nitrogen and oxygen atoms in total. The Morgan fingerprint density at radius 3 is 2.52 bits per heavy atom. The van der Waals surface area contributed by atoms with Gasteiger partial charge in [-0.1, -0.05) is 36.8 Å². The van der Waals surface area contributed by atoms with Crippen molar-refractivity contribution < 1.29 is 19.0 Å². The maximum atomic E-state index is 11.0. The summed E-state index contributed by atoms with van der Waals surface area (Å²) in [6, 6.07) is 10.4. The third-order valence-corrected chi connectivity index (χ3v) is 4.75. The first-order valence-corrected chi connectivity index (χ1v) is 8.70. The van der Waals surface area contributed by atoms with Gasteiger partial charge >= 0.3 is 5.97 Å². The molecule has 1 aromatic carbocycles. The Morgan fingerprint density at radius 2 is 1.83 bits per heavy atom. The van der Waals surface area contributed by atoms with E-state index in [1.54, 1.807) is 0 Å². The molecule has 2 unspecified atom stereocenters. The number of benzene rings is 1. The summed E-state index contributed by atoms with van der Waals surface area (Å²) in [5.74, 6) is -0.644. The molecule has 0 radical (unpaired) electrons. The Bertz CT molecular complexity index is 507. The molecular formula is C19H26O4. The largest absolute Gasteiger partial charge is 0.466 e. The highest BCUT2D eigenvalue weighted by atomic mass is 16.8. The summed E-state index contributed by atoms with van der Waals surface area (Å²) in [4.78, 5) is 11.0. The van der Waals surface area contributed by atoms with Gasteiger partial charge in [0.1, 0.15) is 0 Å². The molecule has 1 spiro atoms. The second-order valence-corrected chi connectivity index (χ2v) is 6.60. The summed E-state index contributed by atoms with van der Waals surface area (Å²) in [7, 11) is 0. The normalized spacial score (nSPS) is 26.3. The number of carbonyl (C=O) groups is 1. The second kappa shape index (κ2) is 7.45. The monoisotopic (exact) mass is 318 g/mol. The van der Waals surface area contributed by atoms with E-state index in [-0.39, 0.29) is 18.2 Å². The molecule has 0 amide bonds. The van der Waals surface area contributed by atoms with Gasteiger partial charge in [0.2, 0.25) is 0 Å². The number of ether oxygens (including phenoxy) is 3. The summed E-state index contributed by atoms with van der Waals surface area (Å²) in [5, 5.41) is 0. The Hall–Kier alpha value is -1.39. The van der Waals surface area contributed by atoms with Gasteiger partial charge in [-0.2, -0.15) is 0 Å². The van der Waals surface area contributed by atoms with Crippen molar-refractivity contribution in [2.75, 3.05) is 6.61 Å². The van der Waals surface area contributed by atoms with Crippen molar-refractivity contribution in [2.24, 2.45) is 0 Å². The molecule has 0 bridgehead atoms. The number of carbonyl (C=O) groups excluding carboxylic acids is 1. The van der Waals surface area contributed by atoms with E-state index in [1.807, 2.05) is 6.07 Å². The molecule has 1 saturated heterocycles. The van der Waals surface area contributed by atoms with Gasteiger partial charge in [0.15, 0.2) is 5.79 Å². The number of hydrogen-bond donors (Lipinski definition) is 0. The van der Waals surface area contributed by atoms with Crippen LogP contribution in [0.15, 0.2) is 30.3 Å². The van der Waals surface area contributed by atoms with Crippen molar-refractivity contribution in [3.8, 4) is 0 Å². The Morgan fingerprint density at radius 1 is 1.13 bits per heavy atom. The predicted molar refractivity (Wildman–Crippen MR) is 87.0 cm³/mol. The summed E-state index contributed by atoms with van der Waals surface area (Å²) in [6.07, 6.45) is 7.09. The average Bonchev–Trinajstić information content (AvgIpc) is 2.86. The van der Waals surface area contributed by atoms with E-state index in [0.717, 1.165) is 32.1 Å². The molecule has 2 fully saturated rings. The van der Waals surface area contributed by atoms with E-state index in [9.17, 15) is 4.79 Å². The van der Waals surface area contributed by atoms with Gasteiger partial charge in [0.25, 0.3) is 0 Å². The summed E-state index contributed by atoms with van der Waals surface area (Å²) in [6.45, 7) is 1.83. The van der Waals surface area contributed by atoms with Gasteiger partial charge < -0.3 is 14.2 Å². The van der Waals surface area contributed by atoms with E-state index < -0.39 is 5.79 Å². The lowest BCUT2D eigenvalue weighted by Crippen LogP contribution is -2.33. The van der Waals surface area contributed by atoms with Crippen molar-refractivity contribution in [1.82, 2.24) is 0 Å². The minimum Gasteiger partial charge on any atom is -0.466 e. The van der Waals surface area contributed by atoms with Gasteiger partial charge in [-0.25, -0.2) is 0 Å². The molecular weight excluding hydrogens is 292 g/mol. The minimum atomic E-state index is -0.404. The lowest BCUT2D eigenvalue weighted by atomic mass is 9.94. The van der Waals surface area contributed by atoms with Gasteiger partial charge in [-0.15, -0.1) is 0 Å². The molecule has 0 aromatic heterocycles. The number of hydrogen-bond acceptors (Lipinski definition) is 4. The maximum Gasteiger partial charge on any atom is 0.302 e. The van der Waals surface area contributed by atoms with Gasteiger partial charge in [0.05, 0.1) is 18.8 Å². The molecule has 23 heavy (non-hydrogen) atoms. The number of rotatable bonds is 5. The molecule has 1 aliphatic carbocycles. The highest BCUT2D eigenvalue weighted by Gasteiger charge is 2.47. The molecule has 126 valence electrons. The first-order chi connectivity index (χ1) is 11.2. The number of esters is 1. The molecule has 0 N–H and O–H groups in total. The quantitative estimate of drug-likeness (QED) is 0.778. The van der Waals surface area contributed by atoms with Crippen LogP contribution in [0.2, 0.25) is 0 Å². The topological polar surface area (TPSA) is 44.8 Å². The standard InChI is InChI=1S/C19H26O4/c1-15(20)21-13-10-17-18(14-16-8-4-2-5-9-16)23-19(22-17)11-6-3-7-12-19/h2,4-5,8-9,17-18H,3,6-7,10-14H2,1H3. The highest BCUT2D eigenvalue weighted by Crippen LogP contribution is 2.42. The summed E-state index contributed by atoms with van der Waals surface area (Å²) in [5.41, 5.74) is 1.26. The maximum absolute atomic E-state index is 11.0. The van der Waals surface area contributed by atoms with Crippen LogP contribution in [0.25, 0.3) is 0 Å². The lowest BCUT2D eigenvalue weighted by Gasteiger charge is -2.32. The summed E-state index contributed by atoms with van der Waals surface area (Å²) >= 11 is 0. The van der Waals surface area contributed by atoms with Crippen molar-refractivity contribution >= 4 is 5.97 Å². The molecule has 2 atom stereocenters. The Kier molecular flexibility index (Phi) is 5.34. The zero-order valence-corrected chi connectivity index (χ0v) is 13.8. The third kappa shape index (κ3) is 4.33. The fourth-order valence-electron chi connectivity index (χ4n) is 3.64. The zero-order chi connectivity index (χ0) is 16.1. The Labute approximate surface area is 138 Å². The average molecular weight is 318 g/mol. The summed E-state index contributed by atoms with van der Waals surface area (Å²) < 4.78 is 17.8. The second-order valence-electron chi connectivity index (χ2n) is 6.60. The molecule has 1 aliphatic heterocycles. The van der Waals surface area contributed by atoms with Crippen LogP contribution in [0, 0.1) is 0 Å². The van der Waals surface area contributed by atoms with E-state index >= 15 is 0 Å². The fraction of sp³-hybridized carbons (Fsp3) is 0.632. The molecule has 2 aliphatic rings. The molecule has 1 aromatic rings. The van der Waals surface area contributed by atoms with E-state index in [2.05, 4.69) is 24.3 Å². The predicted octanol–water partition coefficient (Wildman–Crippen LogP) is 3.63. The van der Waals surface area contributed by atoms with Crippen LogP contribution in [0.3, 0.4) is 0 Å². The van der Waals surface area contributed by atoms with E-state index in [0.29, 0.717) is 13.0 Å². The fourth-order valence-corrected chi connectivity index (χ4v) is 3.64. The van der Waals surface area contributed by atoms with Crippen LogP contribution >= 0.6 is 0 Å². The molecule has 1 heterocycles. The van der Waals surface area contributed by atoms with Crippen molar-refractivity contribution in [3.63, 3.8) is 0 Å². The lowest BCUT2D eigenvalue weighted by molar-refractivity contribution is -0.194. The smallest absolute Gasteiger partial charge is 0.302 e. The van der Waals surface area contributed by atoms with Crippen molar-refractivity contribution in [3.05, 3.63) is 35.9 Å².